The van der Waals surface area contributed by atoms with Gasteiger partial charge in [-0.3, -0.25) is 0 Å². The summed E-state index contributed by atoms with van der Waals surface area (Å²) in [6, 6.07) is 7.70. The minimum absolute atomic E-state index is 0.389. The number of benzene rings is 1. The van der Waals surface area contributed by atoms with E-state index < -0.39 is 0 Å². The zero-order chi connectivity index (χ0) is 12.4. The molecule has 1 unspecified atom stereocenters. The van der Waals surface area contributed by atoms with Gasteiger partial charge in [-0.25, -0.2) is 0 Å². The summed E-state index contributed by atoms with van der Waals surface area (Å²) in [6.45, 7) is 2.21. The molecule has 0 bridgehead atoms. The van der Waals surface area contributed by atoms with E-state index in [0.717, 1.165) is 10.5 Å². The van der Waals surface area contributed by atoms with Crippen molar-refractivity contribution in [3.05, 3.63) is 28.2 Å². The second-order valence-electron chi connectivity index (χ2n) is 4.91. The molecule has 0 spiro atoms. The lowest BCUT2D eigenvalue weighted by Gasteiger charge is -2.38. The third-order valence-electron chi connectivity index (χ3n) is 3.89. The number of rotatable bonds is 4. The smallest absolute Gasteiger partial charge is 0.0425 e. The van der Waals surface area contributed by atoms with Gasteiger partial charge in [0.15, 0.2) is 0 Å². The Hall–Kier alpha value is -0.540. The standard InChI is InChI=1S/C14H21BrN2/c1-10(16-2)13-8-7-11(15)9-14(13)17(3)12-5-4-6-12/h7-10,12,16H,4-6H2,1-3H3. The van der Waals surface area contributed by atoms with Crippen LogP contribution in [0.15, 0.2) is 22.7 Å². The lowest BCUT2D eigenvalue weighted by Crippen LogP contribution is -2.38. The molecule has 0 saturated heterocycles. The monoisotopic (exact) mass is 296 g/mol. The number of nitrogens with one attached hydrogen (secondary N) is 1. The van der Waals surface area contributed by atoms with Gasteiger partial charge in [-0.2, -0.15) is 0 Å². The number of anilines is 1. The van der Waals surface area contributed by atoms with Gasteiger partial charge >= 0.3 is 0 Å². The van der Waals surface area contributed by atoms with Crippen LogP contribution in [0.2, 0.25) is 0 Å². The van der Waals surface area contributed by atoms with E-state index in [9.17, 15) is 0 Å². The third-order valence-corrected chi connectivity index (χ3v) is 4.39. The van der Waals surface area contributed by atoms with Crippen molar-refractivity contribution >= 4 is 21.6 Å². The van der Waals surface area contributed by atoms with Crippen molar-refractivity contribution in [3.63, 3.8) is 0 Å². The molecule has 94 valence electrons. The first-order valence-electron chi connectivity index (χ1n) is 6.33. The molecule has 2 nitrogen and oxygen atoms in total. The number of nitrogens with zero attached hydrogens (tertiary/aromatic N) is 1. The molecule has 1 aliphatic rings. The van der Waals surface area contributed by atoms with E-state index in [4.69, 9.17) is 0 Å². The Morgan fingerprint density at radius 3 is 2.65 bits per heavy atom. The third kappa shape index (κ3) is 2.66. The van der Waals surface area contributed by atoms with Gasteiger partial charge in [0.25, 0.3) is 0 Å². The summed E-state index contributed by atoms with van der Waals surface area (Å²) in [6.07, 6.45) is 4.03. The van der Waals surface area contributed by atoms with Crippen LogP contribution in [0.1, 0.15) is 37.8 Å². The molecule has 1 fully saturated rings. The molecule has 0 aromatic heterocycles. The van der Waals surface area contributed by atoms with Crippen LogP contribution >= 0.6 is 15.9 Å². The highest BCUT2D eigenvalue weighted by Gasteiger charge is 2.24. The average molecular weight is 297 g/mol. The molecule has 1 saturated carbocycles. The van der Waals surface area contributed by atoms with E-state index in [-0.39, 0.29) is 0 Å². The molecule has 2 rings (SSSR count). The van der Waals surface area contributed by atoms with Crippen LogP contribution in [-0.4, -0.2) is 20.1 Å². The quantitative estimate of drug-likeness (QED) is 0.911. The van der Waals surface area contributed by atoms with Gasteiger partial charge in [-0.05, 0) is 50.9 Å². The second-order valence-corrected chi connectivity index (χ2v) is 5.82. The first-order valence-corrected chi connectivity index (χ1v) is 7.12. The largest absolute Gasteiger partial charge is 0.371 e. The van der Waals surface area contributed by atoms with Gasteiger partial charge in [0.2, 0.25) is 0 Å². The summed E-state index contributed by atoms with van der Waals surface area (Å²) in [5, 5.41) is 3.33. The van der Waals surface area contributed by atoms with Gasteiger partial charge < -0.3 is 10.2 Å². The van der Waals surface area contributed by atoms with Crippen LogP contribution in [0.4, 0.5) is 5.69 Å². The maximum atomic E-state index is 3.58. The lowest BCUT2D eigenvalue weighted by atomic mass is 9.90. The number of hydrogen-bond donors (Lipinski definition) is 1. The van der Waals surface area contributed by atoms with E-state index in [1.807, 2.05) is 7.05 Å². The summed E-state index contributed by atoms with van der Waals surface area (Å²) in [5.41, 5.74) is 2.73. The first kappa shape index (κ1) is 12.9. The fourth-order valence-corrected chi connectivity index (χ4v) is 2.66. The molecule has 0 heterocycles. The van der Waals surface area contributed by atoms with Gasteiger partial charge in [0.1, 0.15) is 0 Å². The maximum Gasteiger partial charge on any atom is 0.0425 e. The van der Waals surface area contributed by atoms with E-state index in [1.165, 1.54) is 30.5 Å². The molecule has 1 atom stereocenters. The molecule has 1 aromatic carbocycles. The topological polar surface area (TPSA) is 15.3 Å². The second kappa shape index (κ2) is 5.40. The highest BCUT2D eigenvalue weighted by atomic mass is 79.9. The van der Waals surface area contributed by atoms with Gasteiger partial charge in [-0.15, -0.1) is 0 Å². The fraction of sp³-hybridized carbons (Fsp3) is 0.571. The molecule has 1 aliphatic carbocycles. The molecule has 0 amide bonds. The number of halogens is 1. The minimum Gasteiger partial charge on any atom is -0.371 e. The Kier molecular flexibility index (Phi) is 4.10. The highest BCUT2D eigenvalue weighted by molar-refractivity contribution is 9.10. The molecule has 17 heavy (non-hydrogen) atoms. The summed E-state index contributed by atoms with van der Waals surface area (Å²) >= 11 is 3.58. The van der Waals surface area contributed by atoms with Crippen LogP contribution in [-0.2, 0) is 0 Å². The fourth-order valence-electron chi connectivity index (χ4n) is 2.31. The highest BCUT2D eigenvalue weighted by Crippen LogP contribution is 2.34. The summed E-state index contributed by atoms with van der Waals surface area (Å²) in [5.74, 6) is 0. The van der Waals surface area contributed by atoms with Crippen molar-refractivity contribution in [3.8, 4) is 0 Å². The van der Waals surface area contributed by atoms with Crippen LogP contribution in [0.25, 0.3) is 0 Å². The molecular formula is C14H21BrN2. The predicted octanol–water partition coefficient (Wildman–Crippen LogP) is 3.72. The van der Waals surface area contributed by atoms with Crippen LogP contribution in [0.3, 0.4) is 0 Å². The van der Waals surface area contributed by atoms with Crippen LogP contribution in [0, 0.1) is 0 Å². The Labute approximate surface area is 113 Å². The van der Waals surface area contributed by atoms with E-state index in [1.54, 1.807) is 0 Å². The summed E-state index contributed by atoms with van der Waals surface area (Å²) in [4.78, 5) is 2.44. The Balaban J connectivity index is 2.31. The van der Waals surface area contributed by atoms with Crippen molar-refractivity contribution < 1.29 is 0 Å². The molecule has 3 heteroatoms. The average Bonchev–Trinajstić information content (AvgIpc) is 2.25. The van der Waals surface area contributed by atoms with Crippen molar-refractivity contribution in [2.75, 3.05) is 19.0 Å². The van der Waals surface area contributed by atoms with Gasteiger partial charge in [0.05, 0.1) is 0 Å². The van der Waals surface area contributed by atoms with Crippen LogP contribution < -0.4 is 10.2 Å². The Bertz CT molecular complexity index is 388. The Morgan fingerprint density at radius 2 is 2.12 bits per heavy atom. The van der Waals surface area contributed by atoms with Crippen molar-refractivity contribution in [2.24, 2.45) is 0 Å². The zero-order valence-corrected chi connectivity index (χ0v) is 12.4. The van der Waals surface area contributed by atoms with E-state index in [0.29, 0.717) is 6.04 Å². The molecule has 0 radical (unpaired) electrons. The van der Waals surface area contributed by atoms with Crippen molar-refractivity contribution in [2.45, 2.75) is 38.3 Å². The van der Waals surface area contributed by atoms with Crippen LogP contribution in [0.5, 0.6) is 0 Å². The maximum absolute atomic E-state index is 3.58. The minimum atomic E-state index is 0.389. The van der Waals surface area contributed by atoms with E-state index in [2.05, 4.69) is 58.3 Å². The molecule has 1 aromatic rings. The summed E-state index contributed by atoms with van der Waals surface area (Å²) in [7, 11) is 4.23. The normalized spacial score (nSPS) is 17.6. The van der Waals surface area contributed by atoms with Crippen molar-refractivity contribution in [1.29, 1.82) is 0 Å². The molecule has 1 N–H and O–H groups in total. The zero-order valence-electron chi connectivity index (χ0n) is 10.8. The van der Waals surface area contributed by atoms with Crippen molar-refractivity contribution in [1.82, 2.24) is 5.32 Å². The number of hydrogen-bond acceptors (Lipinski definition) is 2. The first-order chi connectivity index (χ1) is 8.13. The van der Waals surface area contributed by atoms with E-state index >= 15 is 0 Å². The summed E-state index contributed by atoms with van der Waals surface area (Å²) < 4.78 is 1.16. The molecular weight excluding hydrogens is 276 g/mol. The Morgan fingerprint density at radius 1 is 1.41 bits per heavy atom. The SMILES string of the molecule is CNC(C)c1ccc(Br)cc1N(C)C1CCC1. The predicted molar refractivity (Wildman–Crippen MR) is 77.7 cm³/mol. The lowest BCUT2D eigenvalue weighted by molar-refractivity contribution is 0.400. The molecule has 0 aliphatic heterocycles. The van der Waals surface area contributed by atoms with Gasteiger partial charge in [-0.1, -0.05) is 22.0 Å². The van der Waals surface area contributed by atoms with Gasteiger partial charge in [0, 0.05) is 29.3 Å².